The number of hydrogen-bond acceptors (Lipinski definition) is 5. The second-order valence-corrected chi connectivity index (χ2v) is 10.6. The summed E-state index contributed by atoms with van der Waals surface area (Å²) in [5, 5.41) is 1.94. The monoisotopic (exact) mass is 473 g/mol. The number of carbonyl (C=O) groups is 1. The van der Waals surface area contributed by atoms with Crippen molar-refractivity contribution in [1.82, 2.24) is 14.5 Å². The number of fused-ring (bicyclic) bond motifs is 3. The van der Waals surface area contributed by atoms with E-state index in [1.54, 1.807) is 28.0 Å². The number of rotatable bonds is 4. The van der Waals surface area contributed by atoms with Gasteiger partial charge >= 0.3 is 0 Å². The van der Waals surface area contributed by atoms with Crippen LogP contribution in [-0.2, 0) is 17.6 Å². The third-order valence-corrected chi connectivity index (χ3v) is 8.44. The van der Waals surface area contributed by atoms with Gasteiger partial charge in [-0.15, -0.1) is 11.3 Å². The van der Waals surface area contributed by atoms with Crippen molar-refractivity contribution < 1.29 is 4.79 Å². The highest BCUT2D eigenvalue weighted by atomic mass is 35.5. The molecule has 0 N–H and O–H groups in total. The summed E-state index contributed by atoms with van der Waals surface area (Å²) in [7, 11) is 0. The lowest BCUT2D eigenvalue weighted by Gasteiger charge is -2.26. The first-order valence-corrected chi connectivity index (χ1v) is 13.0. The Hall–Kier alpha value is -1.83. The second-order valence-electron chi connectivity index (χ2n) is 8.13. The molecule has 0 radical (unpaired) electrons. The van der Waals surface area contributed by atoms with Gasteiger partial charge in [0.15, 0.2) is 5.16 Å². The first-order valence-electron chi connectivity index (χ1n) is 10.9. The van der Waals surface area contributed by atoms with E-state index in [0.717, 1.165) is 67.5 Å². The van der Waals surface area contributed by atoms with Crippen LogP contribution in [0.4, 0.5) is 0 Å². The van der Waals surface area contributed by atoms with Crippen molar-refractivity contribution in [2.75, 3.05) is 18.8 Å². The van der Waals surface area contributed by atoms with Gasteiger partial charge in [-0.3, -0.25) is 14.2 Å². The Balaban J connectivity index is 1.56. The fraction of sp³-hybridized carbons (Fsp3) is 0.435. The Morgan fingerprint density at radius 3 is 2.58 bits per heavy atom. The lowest BCUT2D eigenvalue weighted by Crippen LogP contribution is -2.36. The van der Waals surface area contributed by atoms with Crippen LogP contribution in [0, 0.1) is 0 Å². The van der Waals surface area contributed by atoms with Gasteiger partial charge in [0.05, 0.1) is 16.8 Å². The smallest absolute Gasteiger partial charge is 0.267 e. The quantitative estimate of drug-likeness (QED) is 0.391. The van der Waals surface area contributed by atoms with Gasteiger partial charge in [-0.25, -0.2) is 4.98 Å². The van der Waals surface area contributed by atoms with Crippen LogP contribution in [0.25, 0.3) is 15.9 Å². The molecule has 1 saturated heterocycles. The molecule has 1 aliphatic carbocycles. The minimum absolute atomic E-state index is 0.0420. The fourth-order valence-electron chi connectivity index (χ4n) is 4.46. The van der Waals surface area contributed by atoms with Gasteiger partial charge in [-0.2, -0.15) is 0 Å². The standard InChI is InChI=1S/C23H24ClN3O2S2/c24-15-8-10-16(11-9-15)27-22(29)20-17-6-2-3-7-18(17)31-21(20)25-23(27)30-14-19(28)26-12-4-1-5-13-26/h8-11H,1-7,12-14H2. The molecule has 8 heteroatoms. The van der Waals surface area contributed by atoms with E-state index < -0.39 is 0 Å². The van der Waals surface area contributed by atoms with Crippen molar-refractivity contribution in [3.8, 4) is 5.69 Å². The molecule has 0 atom stereocenters. The van der Waals surface area contributed by atoms with Crippen LogP contribution in [0.1, 0.15) is 42.5 Å². The fourth-order valence-corrected chi connectivity index (χ4v) is 6.81. The Bertz CT molecular complexity index is 1180. The molecule has 0 spiro atoms. The van der Waals surface area contributed by atoms with Crippen LogP contribution in [0.15, 0.2) is 34.2 Å². The topological polar surface area (TPSA) is 55.2 Å². The molecule has 31 heavy (non-hydrogen) atoms. The van der Waals surface area contributed by atoms with Crippen LogP contribution < -0.4 is 5.56 Å². The number of benzene rings is 1. The molecule has 5 rings (SSSR count). The van der Waals surface area contributed by atoms with Gasteiger partial charge in [0.25, 0.3) is 5.56 Å². The van der Waals surface area contributed by atoms with Gasteiger partial charge in [-0.1, -0.05) is 23.4 Å². The number of likely N-dealkylation sites (tertiary alicyclic amines) is 1. The molecular formula is C23H24ClN3O2S2. The summed E-state index contributed by atoms with van der Waals surface area (Å²) in [6.07, 6.45) is 7.55. The number of hydrogen-bond donors (Lipinski definition) is 0. The zero-order chi connectivity index (χ0) is 21.4. The molecule has 0 saturated carbocycles. The van der Waals surface area contributed by atoms with Gasteiger partial charge in [0.1, 0.15) is 4.83 Å². The van der Waals surface area contributed by atoms with Crippen molar-refractivity contribution in [2.24, 2.45) is 0 Å². The Morgan fingerprint density at radius 2 is 1.81 bits per heavy atom. The van der Waals surface area contributed by atoms with Crippen LogP contribution >= 0.6 is 34.7 Å². The zero-order valence-corrected chi connectivity index (χ0v) is 19.6. The van der Waals surface area contributed by atoms with Crippen LogP contribution in [0.5, 0.6) is 0 Å². The Morgan fingerprint density at radius 1 is 1.06 bits per heavy atom. The number of amides is 1. The summed E-state index contributed by atoms with van der Waals surface area (Å²) in [4.78, 5) is 35.4. The second kappa shape index (κ2) is 8.96. The minimum Gasteiger partial charge on any atom is -0.342 e. The van der Waals surface area contributed by atoms with Crippen molar-refractivity contribution in [3.05, 3.63) is 50.1 Å². The Kier molecular flexibility index (Phi) is 6.08. The molecule has 1 amide bonds. The average Bonchev–Trinajstić information content (AvgIpc) is 3.17. The minimum atomic E-state index is -0.0420. The van der Waals surface area contributed by atoms with E-state index in [9.17, 15) is 9.59 Å². The maximum Gasteiger partial charge on any atom is 0.267 e. The number of halogens is 1. The molecule has 2 aliphatic rings. The van der Waals surface area contributed by atoms with Crippen LogP contribution in [-0.4, -0.2) is 39.2 Å². The maximum absolute atomic E-state index is 13.7. The molecule has 0 bridgehead atoms. The summed E-state index contributed by atoms with van der Waals surface area (Å²) in [6.45, 7) is 1.65. The molecule has 2 aromatic heterocycles. The van der Waals surface area contributed by atoms with Gasteiger partial charge in [-0.05, 0) is 74.8 Å². The molecule has 162 valence electrons. The number of thioether (sulfide) groups is 1. The van der Waals surface area contributed by atoms with E-state index >= 15 is 0 Å². The Labute approximate surface area is 194 Å². The van der Waals surface area contributed by atoms with E-state index in [2.05, 4.69) is 0 Å². The normalized spacial score (nSPS) is 16.5. The maximum atomic E-state index is 13.7. The molecule has 1 aliphatic heterocycles. The first-order chi connectivity index (χ1) is 15.1. The van der Waals surface area contributed by atoms with E-state index in [0.29, 0.717) is 10.2 Å². The predicted octanol–water partition coefficient (Wildman–Crippen LogP) is 5.08. The number of piperidine rings is 1. The highest BCUT2D eigenvalue weighted by molar-refractivity contribution is 7.99. The van der Waals surface area contributed by atoms with Crippen molar-refractivity contribution in [2.45, 2.75) is 50.1 Å². The van der Waals surface area contributed by atoms with Crippen LogP contribution in [0.3, 0.4) is 0 Å². The highest BCUT2D eigenvalue weighted by Crippen LogP contribution is 2.35. The number of aromatic nitrogens is 2. The predicted molar refractivity (Wildman–Crippen MR) is 128 cm³/mol. The van der Waals surface area contributed by atoms with Crippen molar-refractivity contribution >= 4 is 50.8 Å². The third kappa shape index (κ3) is 4.15. The van der Waals surface area contributed by atoms with Crippen LogP contribution in [0.2, 0.25) is 5.02 Å². The number of thiophene rings is 1. The average molecular weight is 474 g/mol. The highest BCUT2D eigenvalue weighted by Gasteiger charge is 2.24. The van der Waals surface area contributed by atoms with Gasteiger partial charge in [0.2, 0.25) is 5.91 Å². The van der Waals surface area contributed by atoms with E-state index in [1.165, 1.54) is 28.6 Å². The zero-order valence-electron chi connectivity index (χ0n) is 17.2. The molecule has 5 nitrogen and oxygen atoms in total. The molecular weight excluding hydrogens is 450 g/mol. The molecule has 1 fully saturated rings. The van der Waals surface area contributed by atoms with Gasteiger partial charge < -0.3 is 4.90 Å². The van der Waals surface area contributed by atoms with Crippen molar-refractivity contribution in [3.63, 3.8) is 0 Å². The SMILES string of the molecule is O=C(CSc1nc2sc3c(c2c(=O)n1-c1ccc(Cl)cc1)CCCC3)N1CCCCC1. The summed E-state index contributed by atoms with van der Waals surface area (Å²) in [5.74, 6) is 0.406. The molecule has 0 unspecified atom stereocenters. The van der Waals surface area contributed by atoms with E-state index in [4.69, 9.17) is 16.6 Å². The van der Waals surface area contributed by atoms with E-state index in [-0.39, 0.29) is 17.2 Å². The number of aryl methyl sites for hydroxylation is 2. The molecule has 3 heterocycles. The lowest BCUT2D eigenvalue weighted by molar-refractivity contribution is -0.129. The summed E-state index contributed by atoms with van der Waals surface area (Å²) in [5.41, 5.74) is 1.86. The largest absolute Gasteiger partial charge is 0.342 e. The first kappa shape index (κ1) is 21.0. The lowest BCUT2D eigenvalue weighted by atomic mass is 9.97. The van der Waals surface area contributed by atoms with Gasteiger partial charge in [0, 0.05) is 23.0 Å². The van der Waals surface area contributed by atoms with E-state index in [1.807, 2.05) is 17.0 Å². The number of nitrogens with zero attached hydrogens (tertiary/aromatic N) is 3. The summed E-state index contributed by atoms with van der Waals surface area (Å²) < 4.78 is 1.66. The third-order valence-electron chi connectivity index (χ3n) is 6.08. The van der Waals surface area contributed by atoms with Crippen molar-refractivity contribution in [1.29, 1.82) is 0 Å². The number of carbonyl (C=O) groups excluding carboxylic acids is 1. The molecule has 1 aromatic carbocycles. The summed E-state index contributed by atoms with van der Waals surface area (Å²) in [6, 6.07) is 7.24. The molecule has 3 aromatic rings. The summed E-state index contributed by atoms with van der Waals surface area (Å²) >= 11 is 9.08.